The number of aromatic nitrogens is 2. The van der Waals surface area contributed by atoms with Gasteiger partial charge in [0.25, 0.3) is 11.5 Å². The molecule has 1 fully saturated rings. The molecule has 0 bridgehead atoms. The van der Waals surface area contributed by atoms with Gasteiger partial charge in [0.15, 0.2) is 18.1 Å². The van der Waals surface area contributed by atoms with E-state index < -0.39 is 84.4 Å². The summed E-state index contributed by atoms with van der Waals surface area (Å²) in [6.07, 6.45) is -9.45. The highest BCUT2D eigenvalue weighted by Crippen LogP contribution is 2.36. The maximum Gasteiger partial charge on any atom is 0.330 e. The third-order valence-corrected chi connectivity index (χ3v) is 6.36. The summed E-state index contributed by atoms with van der Waals surface area (Å²) in [4.78, 5) is 50.7. The van der Waals surface area contributed by atoms with E-state index in [1.54, 1.807) is 24.3 Å². The van der Waals surface area contributed by atoms with Crippen LogP contribution < -0.4 is 22.3 Å². The molecule has 2 aliphatic heterocycles. The lowest BCUT2D eigenvalue weighted by Gasteiger charge is -2.35. The molecule has 0 aliphatic carbocycles. The second-order valence-electron chi connectivity index (χ2n) is 8.97. The number of rotatable bonds is 9. The van der Waals surface area contributed by atoms with E-state index in [9.17, 15) is 39.6 Å². The second kappa shape index (κ2) is 11.9. The summed E-state index contributed by atoms with van der Waals surface area (Å²) < 4.78 is 17.5. The molecule has 0 unspecified atom stereocenters. The van der Waals surface area contributed by atoms with Crippen LogP contribution in [0.1, 0.15) is 11.8 Å². The van der Waals surface area contributed by atoms with E-state index >= 15 is 0 Å². The summed E-state index contributed by atoms with van der Waals surface area (Å²) in [5, 5.41) is 44.0. The van der Waals surface area contributed by atoms with E-state index in [0.717, 1.165) is 28.5 Å². The lowest BCUT2D eigenvalue weighted by atomic mass is 9.94. The number of nitrogens with two attached hydrogens (primary N) is 1. The first-order chi connectivity index (χ1) is 18.6. The first-order valence-electron chi connectivity index (χ1n) is 11.9. The van der Waals surface area contributed by atoms with Crippen molar-refractivity contribution in [2.45, 2.75) is 49.6 Å². The molecule has 39 heavy (non-hydrogen) atoms. The van der Waals surface area contributed by atoms with Gasteiger partial charge in [-0.25, -0.2) is 4.79 Å². The van der Waals surface area contributed by atoms with Gasteiger partial charge in [0, 0.05) is 24.7 Å². The standard InChI is InChI=1S/C24H28N4O11/c25-20(34)19(18-12(10-29)16(32)22(38-18)28-7-6-15(31)27-24(28)36)39-23-17(33)13(30)8-14(37-23)21(35)26-9-11-4-2-1-3-5-11/h1-8,12-13,16-19,22-23,29-30,32-33H,9-10H2,(H2,25,34)(H,26,35)(H,27,31,36)/t12-,13-,16+,17-,18-,19+,22+,23+/m0/s1. The van der Waals surface area contributed by atoms with Crippen LogP contribution in [0.25, 0.3) is 0 Å². The molecule has 0 spiro atoms. The molecular formula is C24H28N4O11. The number of nitrogens with zero attached hydrogens (tertiary/aromatic N) is 1. The first kappa shape index (κ1) is 28.2. The fraction of sp³-hybridized carbons (Fsp3) is 0.417. The predicted octanol–water partition coefficient (Wildman–Crippen LogP) is -3.45. The van der Waals surface area contributed by atoms with Gasteiger partial charge in [-0.3, -0.25) is 23.9 Å². The van der Waals surface area contributed by atoms with Gasteiger partial charge in [0.1, 0.15) is 24.4 Å². The SMILES string of the molecule is NC(=O)[C@H](O[C@H]1OC(C(=O)NCc2ccccc2)=C[C@H](O)[C@@H]1O)[C@H]1O[C@@H](n2ccc(=O)[nH]c2=O)[C@H](O)[C@@H]1CO. The molecular weight excluding hydrogens is 520 g/mol. The van der Waals surface area contributed by atoms with Crippen molar-refractivity contribution in [1.29, 1.82) is 0 Å². The Morgan fingerprint density at radius 1 is 1.13 bits per heavy atom. The van der Waals surface area contributed by atoms with Crippen LogP contribution in [0.4, 0.5) is 0 Å². The summed E-state index contributed by atoms with van der Waals surface area (Å²) >= 11 is 0. The van der Waals surface area contributed by atoms with Gasteiger partial charge in [-0.1, -0.05) is 30.3 Å². The largest absolute Gasteiger partial charge is 0.456 e. The van der Waals surface area contributed by atoms with E-state index in [2.05, 4.69) is 5.32 Å². The highest BCUT2D eigenvalue weighted by Gasteiger charge is 2.51. The van der Waals surface area contributed by atoms with E-state index in [-0.39, 0.29) is 6.54 Å². The number of carbonyl (C=O) groups excluding carboxylic acids is 2. The average molecular weight is 549 g/mol. The zero-order chi connectivity index (χ0) is 28.3. The van der Waals surface area contributed by atoms with Gasteiger partial charge in [-0.05, 0) is 11.6 Å². The predicted molar refractivity (Wildman–Crippen MR) is 129 cm³/mol. The van der Waals surface area contributed by atoms with Crippen LogP contribution in [0.2, 0.25) is 0 Å². The molecule has 0 saturated carbocycles. The summed E-state index contributed by atoms with van der Waals surface area (Å²) in [5.41, 5.74) is 4.66. The molecule has 1 saturated heterocycles. The molecule has 2 aromatic rings. The number of H-pyrrole nitrogens is 1. The lowest BCUT2D eigenvalue weighted by Crippen LogP contribution is -2.53. The zero-order valence-electron chi connectivity index (χ0n) is 20.3. The highest BCUT2D eigenvalue weighted by atomic mass is 16.7. The average Bonchev–Trinajstić information content (AvgIpc) is 3.23. The minimum absolute atomic E-state index is 0.131. The molecule has 0 radical (unpaired) electrons. The molecule has 2 amide bonds. The Balaban J connectivity index is 1.51. The van der Waals surface area contributed by atoms with Crippen molar-refractivity contribution in [3.8, 4) is 0 Å². The molecule has 210 valence electrons. The third kappa shape index (κ3) is 6.08. The van der Waals surface area contributed by atoms with E-state index in [4.69, 9.17) is 19.9 Å². The number of benzene rings is 1. The van der Waals surface area contributed by atoms with E-state index in [0.29, 0.717) is 0 Å². The quantitative estimate of drug-likeness (QED) is 0.163. The Morgan fingerprint density at radius 3 is 2.49 bits per heavy atom. The summed E-state index contributed by atoms with van der Waals surface area (Å²) in [6.45, 7) is -0.608. The molecule has 8 N–H and O–H groups in total. The number of ether oxygens (including phenoxy) is 3. The van der Waals surface area contributed by atoms with Gasteiger partial charge in [-0.15, -0.1) is 0 Å². The smallest absolute Gasteiger partial charge is 0.330 e. The van der Waals surface area contributed by atoms with Crippen molar-refractivity contribution in [1.82, 2.24) is 14.9 Å². The van der Waals surface area contributed by atoms with Crippen LogP contribution >= 0.6 is 0 Å². The number of nitrogens with one attached hydrogen (secondary N) is 2. The zero-order valence-corrected chi connectivity index (χ0v) is 20.3. The van der Waals surface area contributed by atoms with Crippen LogP contribution in [0, 0.1) is 5.92 Å². The summed E-state index contributed by atoms with van der Waals surface area (Å²) in [7, 11) is 0. The van der Waals surface area contributed by atoms with Gasteiger partial charge >= 0.3 is 5.69 Å². The lowest BCUT2D eigenvalue weighted by molar-refractivity contribution is -0.239. The number of aliphatic hydroxyl groups excluding tert-OH is 4. The van der Waals surface area contributed by atoms with Gasteiger partial charge in [-0.2, -0.15) is 0 Å². The Hall–Kier alpha value is -3.86. The first-order valence-corrected chi connectivity index (χ1v) is 11.9. The summed E-state index contributed by atoms with van der Waals surface area (Å²) in [5.74, 6) is -3.52. The topological polar surface area (TPSA) is 236 Å². The molecule has 1 aromatic heterocycles. The number of primary amides is 1. The van der Waals surface area contributed by atoms with Gasteiger partial charge in [0.05, 0.1) is 6.61 Å². The van der Waals surface area contributed by atoms with E-state index in [1.165, 1.54) is 0 Å². The van der Waals surface area contributed by atoms with Crippen LogP contribution in [0.3, 0.4) is 0 Å². The maximum atomic E-state index is 12.6. The van der Waals surface area contributed by atoms with E-state index in [1.807, 2.05) is 11.1 Å². The summed E-state index contributed by atoms with van der Waals surface area (Å²) in [6, 6.07) is 9.94. The molecule has 8 atom stereocenters. The fourth-order valence-corrected chi connectivity index (χ4v) is 4.32. The minimum atomic E-state index is -1.80. The van der Waals surface area contributed by atoms with Crippen molar-refractivity contribution in [3.05, 3.63) is 80.8 Å². The Labute approximate surface area is 220 Å². The molecule has 1 aromatic carbocycles. The van der Waals surface area contributed by atoms with Crippen molar-refractivity contribution >= 4 is 11.8 Å². The Kier molecular flexibility index (Phi) is 8.59. The Morgan fingerprint density at radius 2 is 1.85 bits per heavy atom. The number of amides is 2. The van der Waals surface area contributed by atoms with Gasteiger partial charge < -0.3 is 45.7 Å². The maximum absolute atomic E-state index is 12.6. The Bertz CT molecular complexity index is 1330. The molecule has 3 heterocycles. The number of aliphatic hydroxyl groups is 4. The molecule has 15 heteroatoms. The monoisotopic (exact) mass is 548 g/mol. The van der Waals surface area contributed by atoms with Crippen molar-refractivity contribution in [2.75, 3.05) is 6.61 Å². The second-order valence-corrected chi connectivity index (χ2v) is 8.97. The van der Waals surface area contributed by atoms with Crippen LogP contribution in [-0.2, 0) is 30.3 Å². The van der Waals surface area contributed by atoms with Crippen LogP contribution in [0.5, 0.6) is 0 Å². The molecule has 15 nitrogen and oxygen atoms in total. The molecule has 4 rings (SSSR count). The van der Waals surface area contributed by atoms with Crippen LogP contribution in [0.15, 0.2) is 64.0 Å². The molecule has 2 aliphatic rings. The number of aromatic amines is 1. The van der Waals surface area contributed by atoms with Crippen molar-refractivity contribution < 1.29 is 44.2 Å². The normalized spacial score (nSPS) is 29.2. The van der Waals surface area contributed by atoms with Gasteiger partial charge in [0.2, 0.25) is 12.2 Å². The van der Waals surface area contributed by atoms with Crippen molar-refractivity contribution in [3.63, 3.8) is 0 Å². The number of hydrogen-bond donors (Lipinski definition) is 7. The van der Waals surface area contributed by atoms with Crippen molar-refractivity contribution in [2.24, 2.45) is 11.7 Å². The fourth-order valence-electron chi connectivity index (χ4n) is 4.32. The van der Waals surface area contributed by atoms with Crippen LogP contribution in [-0.4, -0.2) is 85.2 Å². The third-order valence-electron chi connectivity index (χ3n) is 6.36. The highest BCUT2D eigenvalue weighted by molar-refractivity contribution is 5.91. The number of hydrogen-bond acceptors (Lipinski definition) is 11. The minimum Gasteiger partial charge on any atom is -0.456 e. The number of carbonyl (C=O) groups is 2.